The van der Waals surface area contributed by atoms with Gasteiger partial charge in [0, 0.05) is 11.3 Å². The van der Waals surface area contributed by atoms with Crippen LogP contribution in [-0.4, -0.2) is 11.0 Å². The predicted molar refractivity (Wildman–Crippen MR) is 112 cm³/mol. The van der Waals surface area contributed by atoms with E-state index in [1.54, 1.807) is 0 Å². The lowest BCUT2D eigenvalue weighted by Crippen LogP contribution is -2.43. The zero-order chi connectivity index (χ0) is 21.7. The first kappa shape index (κ1) is 21.4. The number of furan rings is 1. The van der Waals surface area contributed by atoms with Crippen LogP contribution < -0.4 is 16.2 Å². The monoisotopic (exact) mass is 433 g/mol. The molecular weight excluding hydrogens is 415 g/mol. The predicted octanol–water partition coefficient (Wildman–Crippen LogP) is 5.16. The molecule has 0 bridgehead atoms. The van der Waals surface area contributed by atoms with Gasteiger partial charge in [-0.1, -0.05) is 37.3 Å². The third kappa shape index (κ3) is 5.18. The van der Waals surface area contributed by atoms with Crippen LogP contribution in [0.25, 0.3) is 11.3 Å². The highest BCUT2D eigenvalue weighted by Gasteiger charge is 2.30. The fourth-order valence-corrected chi connectivity index (χ4v) is 2.90. The number of hydrazine groups is 1. The molecule has 0 saturated heterocycles. The summed E-state index contributed by atoms with van der Waals surface area (Å²) in [6.45, 7) is 2.01. The molecule has 0 spiro atoms. The average Bonchev–Trinajstić information content (AvgIpc) is 3.22. The van der Waals surface area contributed by atoms with Crippen molar-refractivity contribution in [2.75, 3.05) is 5.32 Å². The molecule has 3 aromatic rings. The second-order valence-electron chi connectivity index (χ2n) is 6.29. The van der Waals surface area contributed by atoms with Crippen LogP contribution >= 0.6 is 12.2 Å². The molecule has 0 aliphatic heterocycles. The number of rotatable bonds is 4. The Kier molecular flexibility index (Phi) is 6.41. The van der Waals surface area contributed by atoms with E-state index in [1.165, 1.54) is 24.3 Å². The van der Waals surface area contributed by atoms with E-state index in [-0.39, 0.29) is 22.2 Å². The van der Waals surface area contributed by atoms with Crippen LogP contribution in [0.1, 0.15) is 28.6 Å². The third-order valence-corrected chi connectivity index (χ3v) is 4.44. The molecule has 0 saturated carbocycles. The molecule has 2 aromatic carbocycles. The molecule has 0 aliphatic carbocycles. The number of aryl methyl sites for hydroxylation is 1. The van der Waals surface area contributed by atoms with Crippen molar-refractivity contribution in [2.24, 2.45) is 0 Å². The van der Waals surface area contributed by atoms with Gasteiger partial charge in [-0.15, -0.1) is 0 Å². The zero-order valence-corrected chi connectivity index (χ0v) is 16.7. The molecule has 0 radical (unpaired) electrons. The van der Waals surface area contributed by atoms with Gasteiger partial charge in [0.15, 0.2) is 10.9 Å². The van der Waals surface area contributed by atoms with Crippen LogP contribution in [0.5, 0.6) is 0 Å². The lowest BCUT2D eigenvalue weighted by molar-refractivity contribution is -0.137. The van der Waals surface area contributed by atoms with Gasteiger partial charge >= 0.3 is 12.1 Å². The molecule has 1 aromatic heterocycles. The number of benzene rings is 2. The zero-order valence-electron chi connectivity index (χ0n) is 15.8. The first-order valence-electron chi connectivity index (χ1n) is 9.00. The third-order valence-electron chi connectivity index (χ3n) is 4.24. The molecule has 0 atom stereocenters. The molecule has 1 heterocycles. The second kappa shape index (κ2) is 9.00. The van der Waals surface area contributed by atoms with E-state index in [2.05, 4.69) is 16.2 Å². The Morgan fingerprint density at radius 1 is 1.03 bits per heavy atom. The van der Waals surface area contributed by atoms with Crippen molar-refractivity contribution >= 4 is 28.9 Å². The number of hydrogen-bond acceptors (Lipinski definition) is 3. The van der Waals surface area contributed by atoms with Crippen LogP contribution in [0.2, 0.25) is 0 Å². The molecular formula is C21H18F3N3O2S. The Balaban J connectivity index is 1.62. The highest BCUT2D eigenvalue weighted by Crippen LogP contribution is 2.32. The van der Waals surface area contributed by atoms with Gasteiger partial charge in [-0.05, 0) is 54.5 Å². The van der Waals surface area contributed by atoms with Gasteiger partial charge in [0.1, 0.15) is 5.76 Å². The largest absolute Gasteiger partial charge is 0.451 e. The second-order valence-corrected chi connectivity index (χ2v) is 6.69. The van der Waals surface area contributed by atoms with Gasteiger partial charge in [-0.3, -0.25) is 15.6 Å². The van der Waals surface area contributed by atoms with E-state index in [4.69, 9.17) is 16.6 Å². The minimum Gasteiger partial charge on any atom is -0.451 e. The number of carbonyl (C=O) groups excluding carboxylic acids is 1. The fraction of sp³-hybridized carbons (Fsp3) is 0.143. The van der Waals surface area contributed by atoms with Crippen LogP contribution in [0.4, 0.5) is 18.9 Å². The van der Waals surface area contributed by atoms with Crippen molar-refractivity contribution in [2.45, 2.75) is 19.5 Å². The van der Waals surface area contributed by atoms with Crippen LogP contribution in [0.3, 0.4) is 0 Å². The summed E-state index contributed by atoms with van der Waals surface area (Å²) in [5.41, 5.74) is 6.25. The maximum atomic E-state index is 12.9. The minimum absolute atomic E-state index is 0.0772. The number of carbonyl (C=O) groups is 1. The van der Waals surface area contributed by atoms with Gasteiger partial charge < -0.3 is 9.73 Å². The van der Waals surface area contributed by atoms with E-state index < -0.39 is 17.6 Å². The van der Waals surface area contributed by atoms with E-state index in [0.717, 1.165) is 29.8 Å². The van der Waals surface area contributed by atoms with Crippen molar-refractivity contribution in [1.82, 2.24) is 10.9 Å². The maximum absolute atomic E-state index is 12.9. The Labute approximate surface area is 176 Å². The van der Waals surface area contributed by atoms with E-state index in [9.17, 15) is 18.0 Å². The van der Waals surface area contributed by atoms with Crippen LogP contribution in [0.15, 0.2) is 65.1 Å². The van der Waals surface area contributed by atoms with Gasteiger partial charge in [0.05, 0.1) is 5.56 Å². The standard InChI is InChI=1S/C21H18F3N3O2S/c1-2-13-6-3-4-9-16(13)25-20(30)27-26-19(28)18-11-10-17(29-18)14-7-5-8-15(12-14)21(22,23)24/h3-12H,2H2,1H3,(H,26,28)(H2,25,27,30). The molecule has 30 heavy (non-hydrogen) atoms. The van der Waals surface area contributed by atoms with Crippen molar-refractivity contribution in [3.05, 3.63) is 77.6 Å². The summed E-state index contributed by atoms with van der Waals surface area (Å²) in [6.07, 6.45) is -3.66. The Morgan fingerprint density at radius 3 is 2.53 bits per heavy atom. The summed E-state index contributed by atoms with van der Waals surface area (Å²) in [4.78, 5) is 12.3. The Hall–Kier alpha value is -3.33. The van der Waals surface area contributed by atoms with Crippen molar-refractivity contribution < 1.29 is 22.4 Å². The molecule has 0 fully saturated rings. The molecule has 0 aliphatic rings. The van der Waals surface area contributed by atoms with Crippen molar-refractivity contribution in [1.29, 1.82) is 0 Å². The lowest BCUT2D eigenvalue weighted by Gasteiger charge is -2.13. The first-order chi connectivity index (χ1) is 14.3. The van der Waals surface area contributed by atoms with E-state index >= 15 is 0 Å². The van der Waals surface area contributed by atoms with E-state index in [1.807, 2.05) is 31.2 Å². The summed E-state index contributed by atoms with van der Waals surface area (Å²) in [7, 11) is 0. The van der Waals surface area contributed by atoms with Gasteiger partial charge in [0.2, 0.25) is 0 Å². The molecule has 9 heteroatoms. The van der Waals surface area contributed by atoms with Gasteiger partial charge in [0.25, 0.3) is 0 Å². The Bertz CT molecular complexity index is 1060. The summed E-state index contributed by atoms with van der Waals surface area (Å²) in [5, 5.41) is 3.16. The first-order valence-corrected chi connectivity index (χ1v) is 9.41. The number of thiocarbonyl (C=S) groups is 1. The minimum atomic E-state index is -4.47. The highest BCUT2D eigenvalue weighted by molar-refractivity contribution is 7.80. The SMILES string of the molecule is CCc1ccccc1NC(=S)NNC(=O)c1ccc(-c2cccc(C(F)(F)F)c2)o1. The smallest absolute Gasteiger partial charge is 0.416 e. The summed E-state index contributed by atoms with van der Waals surface area (Å²) in [6, 6.07) is 15.1. The quantitative estimate of drug-likeness (QED) is 0.392. The topological polar surface area (TPSA) is 66.3 Å². The molecule has 5 nitrogen and oxygen atoms in total. The summed E-state index contributed by atoms with van der Waals surface area (Å²) < 4.78 is 44.0. The lowest BCUT2D eigenvalue weighted by atomic mass is 10.1. The average molecular weight is 433 g/mol. The van der Waals surface area contributed by atoms with Crippen molar-refractivity contribution in [3.8, 4) is 11.3 Å². The number of amides is 1. The number of hydrogen-bond donors (Lipinski definition) is 3. The van der Waals surface area contributed by atoms with Crippen molar-refractivity contribution in [3.63, 3.8) is 0 Å². The molecule has 3 rings (SSSR count). The fourth-order valence-electron chi connectivity index (χ4n) is 2.74. The van der Waals surface area contributed by atoms with E-state index in [0.29, 0.717) is 0 Å². The number of halogens is 3. The number of alkyl halides is 3. The molecule has 3 N–H and O–H groups in total. The normalized spacial score (nSPS) is 11.1. The molecule has 156 valence electrons. The summed E-state index contributed by atoms with van der Waals surface area (Å²) in [5.74, 6) is -0.559. The van der Waals surface area contributed by atoms with Crippen LogP contribution in [-0.2, 0) is 12.6 Å². The molecule has 0 unspecified atom stereocenters. The maximum Gasteiger partial charge on any atom is 0.416 e. The number of anilines is 1. The number of para-hydroxylation sites is 1. The molecule has 1 amide bonds. The van der Waals surface area contributed by atoms with Gasteiger partial charge in [-0.25, -0.2) is 0 Å². The summed E-state index contributed by atoms with van der Waals surface area (Å²) >= 11 is 5.17. The van der Waals surface area contributed by atoms with Crippen LogP contribution in [0, 0.1) is 0 Å². The number of nitrogens with one attached hydrogen (secondary N) is 3. The highest BCUT2D eigenvalue weighted by atomic mass is 32.1. The Morgan fingerprint density at radius 2 is 1.80 bits per heavy atom. The van der Waals surface area contributed by atoms with Gasteiger partial charge in [-0.2, -0.15) is 13.2 Å².